The number of thiophene rings is 1. The van der Waals surface area contributed by atoms with Crippen LogP contribution in [0.1, 0.15) is 32.5 Å². The minimum atomic E-state index is -0.351. The maximum atomic E-state index is 12.2. The molecule has 1 aromatic carbocycles. The quantitative estimate of drug-likeness (QED) is 0.463. The van der Waals surface area contributed by atoms with Crippen LogP contribution in [0.2, 0.25) is 0 Å². The number of Topliss-reactive ketones (excluding diaryl/α,β-unsaturated/α-hetero) is 1. The highest BCUT2D eigenvalue weighted by atomic mass is 32.1. The molecule has 0 aliphatic heterocycles. The van der Waals surface area contributed by atoms with Crippen LogP contribution in [-0.4, -0.2) is 17.3 Å². The molecule has 0 aliphatic carbocycles. The Bertz CT molecular complexity index is 607. The van der Waals surface area contributed by atoms with Crippen LogP contribution in [0.3, 0.4) is 0 Å². The fourth-order valence-electron chi connectivity index (χ4n) is 2.07. The standard InChI is InChI=1S/C15H15NO3S/c1-11-7-8-15(20-11)13(10-16(18)19)9-14(17)12-5-3-2-4-6-12/h2-8,13H,9-10H2,1H3. The number of hydrogen-bond donors (Lipinski definition) is 0. The first-order valence-electron chi connectivity index (χ1n) is 6.32. The van der Waals surface area contributed by atoms with Crippen molar-refractivity contribution in [1.29, 1.82) is 0 Å². The second-order valence-electron chi connectivity index (χ2n) is 4.65. The van der Waals surface area contributed by atoms with E-state index in [1.54, 1.807) is 24.3 Å². The Kier molecular flexibility index (Phi) is 4.63. The van der Waals surface area contributed by atoms with Gasteiger partial charge in [0.15, 0.2) is 5.78 Å². The number of nitrogens with zero attached hydrogens (tertiary/aromatic N) is 1. The highest BCUT2D eigenvalue weighted by Crippen LogP contribution is 2.28. The van der Waals surface area contributed by atoms with Crippen molar-refractivity contribution in [2.45, 2.75) is 19.3 Å². The molecule has 5 heteroatoms. The number of nitro groups is 1. The summed E-state index contributed by atoms with van der Waals surface area (Å²) in [6.07, 6.45) is 0.172. The number of aryl methyl sites for hydroxylation is 1. The van der Waals surface area contributed by atoms with E-state index >= 15 is 0 Å². The van der Waals surface area contributed by atoms with Crippen molar-refractivity contribution in [1.82, 2.24) is 0 Å². The van der Waals surface area contributed by atoms with Crippen molar-refractivity contribution in [3.63, 3.8) is 0 Å². The van der Waals surface area contributed by atoms with Gasteiger partial charge >= 0.3 is 0 Å². The summed E-state index contributed by atoms with van der Waals surface area (Å²) in [5.74, 6) is -0.403. The van der Waals surface area contributed by atoms with E-state index in [1.807, 2.05) is 25.1 Å². The molecule has 0 fully saturated rings. The molecule has 2 rings (SSSR count). The van der Waals surface area contributed by atoms with Gasteiger partial charge in [-0.1, -0.05) is 30.3 Å². The van der Waals surface area contributed by atoms with E-state index in [-0.39, 0.29) is 29.6 Å². The Morgan fingerprint density at radius 1 is 1.25 bits per heavy atom. The van der Waals surface area contributed by atoms with Crippen LogP contribution in [0, 0.1) is 17.0 Å². The molecule has 20 heavy (non-hydrogen) atoms. The highest BCUT2D eigenvalue weighted by Gasteiger charge is 2.23. The normalized spacial score (nSPS) is 12.1. The predicted molar refractivity (Wildman–Crippen MR) is 79.0 cm³/mol. The Hall–Kier alpha value is -2.01. The number of carbonyl (C=O) groups is 1. The maximum Gasteiger partial charge on any atom is 0.211 e. The predicted octanol–water partition coefficient (Wildman–Crippen LogP) is 3.69. The smallest absolute Gasteiger partial charge is 0.211 e. The van der Waals surface area contributed by atoms with Gasteiger partial charge in [0.25, 0.3) is 0 Å². The maximum absolute atomic E-state index is 12.2. The minimum absolute atomic E-state index is 0.0523. The lowest BCUT2D eigenvalue weighted by Gasteiger charge is -2.10. The summed E-state index contributed by atoms with van der Waals surface area (Å²) in [4.78, 5) is 24.7. The molecular formula is C15H15NO3S. The molecule has 0 N–H and O–H groups in total. The zero-order chi connectivity index (χ0) is 14.5. The van der Waals surface area contributed by atoms with Crippen molar-refractivity contribution in [3.8, 4) is 0 Å². The first kappa shape index (κ1) is 14.4. The van der Waals surface area contributed by atoms with Gasteiger partial charge in [-0.15, -0.1) is 11.3 Å². The first-order valence-corrected chi connectivity index (χ1v) is 7.14. The van der Waals surface area contributed by atoms with E-state index in [1.165, 1.54) is 11.3 Å². The molecule has 0 saturated heterocycles. The second-order valence-corrected chi connectivity index (χ2v) is 5.97. The third-order valence-corrected chi connectivity index (χ3v) is 4.22. The van der Waals surface area contributed by atoms with Crippen molar-refractivity contribution < 1.29 is 9.72 Å². The van der Waals surface area contributed by atoms with Gasteiger partial charge in [0.05, 0.1) is 5.92 Å². The fourth-order valence-corrected chi connectivity index (χ4v) is 3.04. The van der Waals surface area contributed by atoms with Crippen LogP contribution >= 0.6 is 11.3 Å². The van der Waals surface area contributed by atoms with Crippen LogP contribution in [0.5, 0.6) is 0 Å². The molecular weight excluding hydrogens is 274 g/mol. The van der Waals surface area contributed by atoms with Crippen molar-refractivity contribution >= 4 is 17.1 Å². The second kappa shape index (κ2) is 6.43. The van der Waals surface area contributed by atoms with E-state index in [0.717, 1.165) is 9.75 Å². The van der Waals surface area contributed by atoms with Crippen LogP contribution in [0.15, 0.2) is 42.5 Å². The number of carbonyl (C=O) groups excluding carboxylic acids is 1. The average Bonchev–Trinajstić information content (AvgIpc) is 2.85. The monoisotopic (exact) mass is 289 g/mol. The lowest BCUT2D eigenvalue weighted by molar-refractivity contribution is -0.483. The first-order chi connectivity index (χ1) is 9.56. The number of benzene rings is 1. The summed E-state index contributed by atoms with van der Waals surface area (Å²) < 4.78 is 0. The third-order valence-electron chi connectivity index (χ3n) is 3.06. The van der Waals surface area contributed by atoms with E-state index in [2.05, 4.69) is 0 Å². The van der Waals surface area contributed by atoms with Gasteiger partial charge in [0.2, 0.25) is 6.54 Å². The molecule has 0 radical (unpaired) electrons. The SMILES string of the molecule is Cc1ccc(C(CC(=O)c2ccccc2)C[N+](=O)[O-])s1. The van der Waals surface area contributed by atoms with Crippen LogP contribution in [0.25, 0.3) is 0 Å². The summed E-state index contributed by atoms with van der Waals surface area (Å²) in [6, 6.07) is 12.7. The van der Waals surface area contributed by atoms with Crippen LogP contribution < -0.4 is 0 Å². The number of ketones is 1. The fraction of sp³-hybridized carbons (Fsp3) is 0.267. The summed E-state index contributed by atoms with van der Waals surface area (Å²) >= 11 is 1.52. The zero-order valence-electron chi connectivity index (χ0n) is 11.1. The van der Waals surface area contributed by atoms with Gasteiger partial charge in [-0.2, -0.15) is 0 Å². The van der Waals surface area contributed by atoms with Gasteiger partial charge in [-0.25, -0.2) is 0 Å². The van der Waals surface area contributed by atoms with E-state index in [0.29, 0.717) is 5.56 Å². The van der Waals surface area contributed by atoms with Crippen LogP contribution in [-0.2, 0) is 0 Å². The molecule has 1 atom stereocenters. The molecule has 1 unspecified atom stereocenters. The molecule has 104 valence electrons. The molecule has 0 spiro atoms. The van der Waals surface area contributed by atoms with Gasteiger partial charge in [-0.05, 0) is 19.1 Å². The van der Waals surface area contributed by atoms with Gasteiger partial charge in [-0.3, -0.25) is 14.9 Å². The van der Waals surface area contributed by atoms with Gasteiger partial charge < -0.3 is 0 Å². The Labute approximate surface area is 121 Å². The van der Waals surface area contributed by atoms with Crippen molar-refractivity contribution in [3.05, 3.63) is 67.9 Å². The molecule has 4 nitrogen and oxygen atoms in total. The Morgan fingerprint density at radius 3 is 2.50 bits per heavy atom. The summed E-state index contributed by atoms with van der Waals surface area (Å²) in [5.41, 5.74) is 0.606. The molecule has 1 aromatic heterocycles. The average molecular weight is 289 g/mol. The highest BCUT2D eigenvalue weighted by molar-refractivity contribution is 7.12. The van der Waals surface area contributed by atoms with E-state index < -0.39 is 0 Å². The molecule has 1 heterocycles. The molecule has 2 aromatic rings. The van der Waals surface area contributed by atoms with E-state index in [9.17, 15) is 14.9 Å². The molecule has 0 saturated carbocycles. The minimum Gasteiger partial charge on any atom is -0.294 e. The molecule has 0 aliphatic rings. The lowest BCUT2D eigenvalue weighted by Crippen LogP contribution is -2.15. The Morgan fingerprint density at radius 2 is 1.95 bits per heavy atom. The lowest BCUT2D eigenvalue weighted by atomic mass is 9.97. The zero-order valence-corrected chi connectivity index (χ0v) is 11.9. The topological polar surface area (TPSA) is 60.2 Å². The Balaban J connectivity index is 2.16. The summed E-state index contributed by atoms with van der Waals surface area (Å²) in [7, 11) is 0. The van der Waals surface area contributed by atoms with Gasteiger partial charge in [0, 0.05) is 26.7 Å². The summed E-state index contributed by atoms with van der Waals surface area (Å²) in [5, 5.41) is 10.8. The largest absolute Gasteiger partial charge is 0.294 e. The van der Waals surface area contributed by atoms with E-state index in [4.69, 9.17) is 0 Å². The third kappa shape index (κ3) is 3.74. The van der Waals surface area contributed by atoms with Crippen LogP contribution in [0.4, 0.5) is 0 Å². The van der Waals surface area contributed by atoms with Crippen molar-refractivity contribution in [2.75, 3.05) is 6.54 Å². The van der Waals surface area contributed by atoms with Gasteiger partial charge in [0.1, 0.15) is 0 Å². The van der Waals surface area contributed by atoms with Crippen molar-refractivity contribution in [2.24, 2.45) is 0 Å². The molecule has 0 amide bonds. The molecule has 0 bridgehead atoms. The number of rotatable bonds is 6. The summed E-state index contributed by atoms with van der Waals surface area (Å²) in [6.45, 7) is 1.74. The number of hydrogen-bond acceptors (Lipinski definition) is 4.